The fraction of sp³-hybridized carbons (Fsp3) is 0.143. The standard InChI is InChI=1S/C7H7N5O4S2/c1-12-3-4(2-5(12)6(13)14)18(15,16)9-7-8-10-11-17-7/h2-3H,1H3,(H,13,14)(H,8,9,11). The summed E-state index contributed by atoms with van der Waals surface area (Å²) in [6.07, 6.45) is 1.19. The number of sulfonamides is 1. The zero-order chi connectivity index (χ0) is 13.3. The second-order valence-corrected chi connectivity index (χ2v) is 5.67. The highest BCUT2D eigenvalue weighted by Crippen LogP contribution is 2.18. The van der Waals surface area contributed by atoms with Crippen molar-refractivity contribution in [2.75, 3.05) is 4.72 Å². The van der Waals surface area contributed by atoms with Gasteiger partial charge in [-0.05, 0) is 11.3 Å². The summed E-state index contributed by atoms with van der Waals surface area (Å²) in [5.41, 5.74) is -0.134. The van der Waals surface area contributed by atoms with Gasteiger partial charge >= 0.3 is 5.97 Å². The summed E-state index contributed by atoms with van der Waals surface area (Å²) >= 11 is 0.776. The second kappa shape index (κ2) is 4.34. The van der Waals surface area contributed by atoms with Gasteiger partial charge in [-0.3, -0.25) is 4.72 Å². The number of aromatic carboxylic acids is 1. The van der Waals surface area contributed by atoms with Crippen LogP contribution in [0.2, 0.25) is 0 Å². The van der Waals surface area contributed by atoms with Gasteiger partial charge in [0.05, 0.1) is 0 Å². The highest BCUT2D eigenvalue weighted by Gasteiger charge is 2.21. The number of carboxylic acid groups (broad SMARTS) is 1. The molecular weight excluding hydrogens is 282 g/mol. The molecule has 2 heterocycles. The van der Waals surface area contributed by atoms with Gasteiger partial charge < -0.3 is 9.67 Å². The highest BCUT2D eigenvalue weighted by atomic mass is 32.2. The molecule has 0 atom stereocenters. The lowest BCUT2D eigenvalue weighted by Crippen LogP contribution is -2.12. The van der Waals surface area contributed by atoms with Gasteiger partial charge in [0, 0.05) is 24.8 Å². The Morgan fingerprint density at radius 3 is 2.78 bits per heavy atom. The Hall–Kier alpha value is -2.01. The van der Waals surface area contributed by atoms with Crippen molar-refractivity contribution in [2.24, 2.45) is 7.05 Å². The van der Waals surface area contributed by atoms with Crippen LogP contribution in [0.25, 0.3) is 0 Å². The number of carbonyl (C=O) groups is 1. The third-order valence-corrected chi connectivity index (χ3v) is 3.98. The highest BCUT2D eigenvalue weighted by molar-refractivity contribution is 7.93. The summed E-state index contributed by atoms with van der Waals surface area (Å²) in [5, 5.41) is 15.5. The van der Waals surface area contributed by atoms with Crippen LogP contribution in [0.15, 0.2) is 17.2 Å². The molecule has 2 N–H and O–H groups in total. The van der Waals surface area contributed by atoms with Crippen molar-refractivity contribution >= 4 is 32.7 Å². The number of aromatic nitrogens is 4. The molecule has 0 aromatic carbocycles. The molecule has 0 amide bonds. The van der Waals surface area contributed by atoms with Crippen molar-refractivity contribution in [2.45, 2.75) is 4.90 Å². The maximum absolute atomic E-state index is 11.9. The number of hydrogen-bond acceptors (Lipinski definition) is 7. The van der Waals surface area contributed by atoms with Crippen LogP contribution in [-0.2, 0) is 17.1 Å². The van der Waals surface area contributed by atoms with Crippen molar-refractivity contribution in [1.82, 2.24) is 19.4 Å². The van der Waals surface area contributed by atoms with Crippen LogP contribution in [0.3, 0.4) is 0 Å². The van der Waals surface area contributed by atoms with Crippen LogP contribution >= 0.6 is 11.5 Å². The molecule has 9 nitrogen and oxygen atoms in total. The normalized spacial score (nSPS) is 11.4. The van der Waals surface area contributed by atoms with Gasteiger partial charge in [0.25, 0.3) is 10.0 Å². The number of anilines is 1. The first kappa shape index (κ1) is 12.4. The lowest BCUT2D eigenvalue weighted by Gasteiger charge is -2.00. The van der Waals surface area contributed by atoms with Crippen LogP contribution in [0.1, 0.15) is 10.5 Å². The molecule has 0 aliphatic rings. The number of rotatable bonds is 4. The van der Waals surface area contributed by atoms with E-state index in [1.54, 1.807) is 0 Å². The van der Waals surface area contributed by atoms with Crippen molar-refractivity contribution < 1.29 is 18.3 Å². The summed E-state index contributed by atoms with van der Waals surface area (Å²) < 4.78 is 30.5. The molecule has 2 aromatic heterocycles. The average molecular weight is 289 g/mol. The predicted molar refractivity (Wildman–Crippen MR) is 60.9 cm³/mol. The molecule has 0 unspecified atom stereocenters. The van der Waals surface area contributed by atoms with Gasteiger partial charge in [-0.1, -0.05) is 9.59 Å². The van der Waals surface area contributed by atoms with E-state index in [4.69, 9.17) is 5.11 Å². The SMILES string of the molecule is Cn1cc(S(=O)(=O)Nc2nnns2)cc1C(=O)O. The average Bonchev–Trinajstić information content (AvgIpc) is 2.86. The lowest BCUT2D eigenvalue weighted by molar-refractivity contribution is 0.0686. The maximum Gasteiger partial charge on any atom is 0.352 e. The van der Waals surface area contributed by atoms with Crippen molar-refractivity contribution in [3.8, 4) is 0 Å². The van der Waals surface area contributed by atoms with Crippen molar-refractivity contribution in [3.05, 3.63) is 18.0 Å². The third-order valence-electron chi connectivity index (χ3n) is 2.03. The van der Waals surface area contributed by atoms with Crippen LogP contribution in [0.4, 0.5) is 5.13 Å². The molecule has 11 heteroatoms. The number of aryl methyl sites for hydroxylation is 1. The van der Waals surface area contributed by atoms with E-state index >= 15 is 0 Å². The summed E-state index contributed by atoms with van der Waals surface area (Å²) in [4.78, 5) is 10.6. The molecule has 0 bridgehead atoms. The Bertz CT molecular complexity index is 675. The van der Waals surface area contributed by atoms with Crippen molar-refractivity contribution in [1.29, 1.82) is 0 Å². The smallest absolute Gasteiger partial charge is 0.352 e. The molecule has 0 spiro atoms. The van der Waals surface area contributed by atoms with Gasteiger partial charge in [0.2, 0.25) is 5.13 Å². The van der Waals surface area contributed by atoms with Crippen LogP contribution < -0.4 is 4.72 Å². The molecule has 2 rings (SSSR count). The Morgan fingerprint density at radius 1 is 1.56 bits per heavy atom. The van der Waals surface area contributed by atoms with E-state index in [0.29, 0.717) is 0 Å². The van der Waals surface area contributed by atoms with E-state index in [2.05, 4.69) is 19.5 Å². The first-order valence-electron chi connectivity index (χ1n) is 4.47. The van der Waals surface area contributed by atoms with Crippen LogP contribution in [0.5, 0.6) is 0 Å². The van der Waals surface area contributed by atoms with Gasteiger partial charge in [-0.2, -0.15) is 0 Å². The first-order valence-corrected chi connectivity index (χ1v) is 6.73. The zero-order valence-corrected chi connectivity index (χ0v) is 10.6. The minimum absolute atomic E-state index is 0.00993. The minimum Gasteiger partial charge on any atom is -0.477 e. The third kappa shape index (κ3) is 2.31. The van der Waals surface area contributed by atoms with E-state index in [-0.39, 0.29) is 15.7 Å². The van der Waals surface area contributed by atoms with E-state index < -0.39 is 16.0 Å². The quantitative estimate of drug-likeness (QED) is 0.795. The summed E-state index contributed by atoms with van der Waals surface area (Å²) in [6.45, 7) is 0. The summed E-state index contributed by atoms with van der Waals surface area (Å²) in [7, 11) is -2.45. The fourth-order valence-electron chi connectivity index (χ4n) is 1.24. The summed E-state index contributed by atoms with van der Waals surface area (Å²) in [5.74, 6) is -1.21. The second-order valence-electron chi connectivity index (χ2n) is 3.25. The Kier molecular flexibility index (Phi) is 3.00. The first-order chi connectivity index (χ1) is 8.40. The molecule has 0 aliphatic carbocycles. The Morgan fingerprint density at radius 2 is 2.28 bits per heavy atom. The molecule has 0 fully saturated rings. The molecule has 18 heavy (non-hydrogen) atoms. The van der Waals surface area contributed by atoms with Crippen LogP contribution in [0, 0.1) is 0 Å². The lowest BCUT2D eigenvalue weighted by atomic mass is 10.4. The predicted octanol–water partition coefficient (Wildman–Crippen LogP) is -0.229. The van der Waals surface area contributed by atoms with E-state index in [1.165, 1.54) is 17.8 Å². The number of hydrogen-bond donors (Lipinski definition) is 2. The molecule has 0 saturated heterocycles. The minimum atomic E-state index is -3.88. The Labute approximate surface area is 105 Å². The topological polar surface area (TPSA) is 127 Å². The fourth-order valence-corrected chi connectivity index (χ4v) is 2.89. The van der Waals surface area contributed by atoms with Gasteiger partial charge in [-0.15, -0.1) is 0 Å². The van der Waals surface area contributed by atoms with Crippen LogP contribution in [-0.4, -0.2) is 38.9 Å². The van der Waals surface area contributed by atoms with Gasteiger partial charge in [-0.25, -0.2) is 13.2 Å². The molecule has 0 saturated carbocycles. The van der Waals surface area contributed by atoms with Gasteiger partial charge in [0.1, 0.15) is 10.6 Å². The number of nitrogens with zero attached hydrogens (tertiary/aromatic N) is 4. The maximum atomic E-state index is 11.9. The molecule has 0 radical (unpaired) electrons. The Balaban J connectivity index is 2.36. The molecule has 2 aromatic rings. The monoisotopic (exact) mass is 289 g/mol. The van der Waals surface area contributed by atoms with E-state index in [0.717, 1.165) is 17.6 Å². The zero-order valence-electron chi connectivity index (χ0n) is 8.93. The number of carboxylic acids is 1. The number of nitrogens with one attached hydrogen (secondary N) is 1. The largest absolute Gasteiger partial charge is 0.477 e. The van der Waals surface area contributed by atoms with E-state index in [9.17, 15) is 13.2 Å². The van der Waals surface area contributed by atoms with Crippen molar-refractivity contribution in [3.63, 3.8) is 0 Å². The van der Waals surface area contributed by atoms with E-state index in [1.807, 2.05) is 0 Å². The summed E-state index contributed by atoms with van der Waals surface area (Å²) in [6, 6.07) is 1.05. The molecule has 0 aliphatic heterocycles. The molecule has 96 valence electrons. The molecular formula is C7H7N5O4S2. The van der Waals surface area contributed by atoms with Gasteiger partial charge in [0.15, 0.2) is 0 Å².